The topological polar surface area (TPSA) is 91.6 Å². The van der Waals surface area contributed by atoms with Crippen LogP contribution in [-0.2, 0) is 4.74 Å². The molecule has 0 radical (unpaired) electrons. The molecule has 0 aliphatic rings. The SMILES string of the molecule is COc1ccc([C@@H](OC(=O)c2cccc([N+](=O)[O-])c2)c2nccc3ccccc23)cc1. The predicted molar refractivity (Wildman–Crippen MR) is 115 cm³/mol. The Hall–Kier alpha value is -4.26. The van der Waals surface area contributed by atoms with Crippen LogP contribution in [-0.4, -0.2) is 23.0 Å². The lowest BCUT2D eigenvalue weighted by Crippen LogP contribution is -2.15. The summed E-state index contributed by atoms with van der Waals surface area (Å²) in [5.41, 5.74) is 1.18. The van der Waals surface area contributed by atoms with Crippen molar-refractivity contribution >= 4 is 22.4 Å². The maximum absolute atomic E-state index is 12.9. The van der Waals surface area contributed by atoms with Gasteiger partial charge in [0, 0.05) is 23.7 Å². The summed E-state index contributed by atoms with van der Waals surface area (Å²) in [6.45, 7) is 0. The molecule has 0 amide bonds. The quantitative estimate of drug-likeness (QED) is 0.248. The molecule has 4 aromatic rings. The van der Waals surface area contributed by atoms with E-state index < -0.39 is 17.0 Å². The van der Waals surface area contributed by atoms with Crippen LogP contribution in [0.5, 0.6) is 5.75 Å². The Bertz CT molecular complexity index is 1250. The third kappa shape index (κ3) is 4.20. The van der Waals surface area contributed by atoms with Crippen LogP contribution in [0.2, 0.25) is 0 Å². The molecule has 1 heterocycles. The number of fused-ring (bicyclic) bond motifs is 1. The molecule has 3 aromatic carbocycles. The second-order valence-electron chi connectivity index (χ2n) is 6.78. The number of hydrogen-bond acceptors (Lipinski definition) is 6. The van der Waals surface area contributed by atoms with Crippen molar-refractivity contribution in [1.82, 2.24) is 4.98 Å². The molecule has 31 heavy (non-hydrogen) atoms. The summed E-state index contributed by atoms with van der Waals surface area (Å²) < 4.78 is 11.1. The van der Waals surface area contributed by atoms with Crippen LogP contribution in [0.3, 0.4) is 0 Å². The predicted octanol–water partition coefficient (Wildman–Crippen LogP) is 5.10. The highest BCUT2D eigenvalue weighted by Crippen LogP contribution is 2.32. The van der Waals surface area contributed by atoms with Crippen LogP contribution < -0.4 is 4.74 Å². The first kappa shape index (κ1) is 20.0. The number of carbonyl (C=O) groups is 1. The lowest BCUT2D eigenvalue weighted by atomic mass is 10.0. The number of rotatable bonds is 6. The minimum atomic E-state index is -0.816. The van der Waals surface area contributed by atoms with Crippen LogP contribution in [0.1, 0.15) is 27.7 Å². The molecule has 0 fully saturated rings. The minimum absolute atomic E-state index is 0.0907. The van der Waals surface area contributed by atoms with Gasteiger partial charge < -0.3 is 9.47 Å². The number of pyridine rings is 1. The average molecular weight is 414 g/mol. The third-order valence-electron chi connectivity index (χ3n) is 4.89. The molecular formula is C24H18N2O5. The van der Waals surface area contributed by atoms with Gasteiger partial charge in [-0.3, -0.25) is 15.1 Å². The van der Waals surface area contributed by atoms with Gasteiger partial charge in [0.15, 0.2) is 6.10 Å². The number of non-ortho nitro benzene ring substituents is 1. The molecule has 1 aromatic heterocycles. The first-order valence-electron chi connectivity index (χ1n) is 9.50. The number of nitro groups is 1. The highest BCUT2D eigenvalue weighted by Gasteiger charge is 2.24. The number of carbonyl (C=O) groups excluding carboxylic acids is 1. The number of ether oxygens (including phenoxy) is 2. The number of hydrogen-bond donors (Lipinski definition) is 0. The molecule has 1 atom stereocenters. The third-order valence-corrected chi connectivity index (χ3v) is 4.89. The van der Waals surface area contributed by atoms with E-state index in [0.29, 0.717) is 17.0 Å². The second-order valence-corrected chi connectivity index (χ2v) is 6.78. The van der Waals surface area contributed by atoms with Gasteiger partial charge in [-0.15, -0.1) is 0 Å². The fourth-order valence-corrected chi connectivity index (χ4v) is 3.33. The first-order chi connectivity index (χ1) is 15.1. The zero-order valence-electron chi connectivity index (χ0n) is 16.6. The molecule has 154 valence electrons. The molecular weight excluding hydrogens is 396 g/mol. The molecule has 7 heteroatoms. The van der Waals surface area contributed by atoms with Crippen molar-refractivity contribution in [2.45, 2.75) is 6.10 Å². The van der Waals surface area contributed by atoms with Crippen LogP contribution >= 0.6 is 0 Å². The summed E-state index contributed by atoms with van der Waals surface area (Å²) in [6, 6.07) is 22.2. The second kappa shape index (κ2) is 8.62. The normalized spacial score (nSPS) is 11.6. The van der Waals surface area contributed by atoms with Crippen LogP contribution in [0.25, 0.3) is 10.8 Å². The van der Waals surface area contributed by atoms with E-state index in [1.54, 1.807) is 37.6 Å². The molecule has 0 N–H and O–H groups in total. The molecule has 7 nitrogen and oxygen atoms in total. The number of methoxy groups -OCH3 is 1. The largest absolute Gasteiger partial charge is 0.497 e. The molecule has 0 aliphatic heterocycles. The number of esters is 1. The van der Waals surface area contributed by atoms with Crippen molar-refractivity contribution in [2.24, 2.45) is 0 Å². The summed E-state index contributed by atoms with van der Waals surface area (Å²) in [6.07, 6.45) is 0.846. The van der Waals surface area contributed by atoms with E-state index in [1.165, 1.54) is 24.3 Å². The van der Waals surface area contributed by atoms with Gasteiger partial charge in [0.25, 0.3) is 5.69 Å². The van der Waals surface area contributed by atoms with E-state index in [-0.39, 0.29) is 11.3 Å². The number of nitrogens with zero attached hydrogens (tertiary/aromatic N) is 2. The molecule has 0 saturated carbocycles. The zero-order chi connectivity index (χ0) is 21.8. The Balaban J connectivity index is 1.78. The van der Waals surface area contributed by atoms with Gasteiger partial charge in [0.2, 0.25) is 0 Å². The highest BCUT2D eigenvalue weighted by atomic mass is 16.6. The summed E-state index contributed by atoms with van der Waals surface area (Å²) in [4.78, 5) is 28.0. The maximum Gasteiger partial charge on any atom is 0.339 e. The Morgan fingerprint density at radius 2 is 1.77 bits per heavy atom. The van der Waals surface area contributed by atoms with Crippen molar-refractivity contribution in [3.8, 4) is 5.75 Å². The Morgan fingerprint density at radius 3 is 2.52 bits per heavy atom. The van der Waals surface area contributed by atoms with E-state index in [1.807, 2.05) is 30.3 Å². The van der Waals surface area contributed by atoms with Gasteiger partial charge >= 0.3 is 5.97 Å². The lowest BCUT2D eigenvalue weighted by molar-refractivity contribution is -0.384. The molecule has 0 spiro atoms. The van der Waals surface area contributed by atoms with E-state index in [4.69, 9.17) is 9.47 Å². The summed E-state index contributed by atoms with van der Waals surface area (Å²) in [7, 11) is 1.57. The molecule has 4 rings (SSSR count). The highest BCUT2D eigenvalue weighted by molar-refractivity contribution is 5.91. The van der Waals surface area contributed by atoms with E-state index in [0.717, 1.165) is 10.8 Å². The van der Waals surface area contributed by atoms with Crippen LogP contribution in [0, 0.1) is 10.1 Å². The van der Waals surface area contributed by atoms with Gasteiger partial charge in [0.1, 0.15) is 5.75 Å². The van der Waals surface area contributed by atoms with Gasteiger partial charge in [-0.2, -0.15) is 0 Å². The van der Waals surface area contributed by atoms with Crippen molar-refractivity contribution in [3.05, 3.63) is 112 Å². The Morgan fingerprint density at radius 1 is 1.00 bits per heavy atom. The smallest absolute Gasteiger partial charge is 0.339 e. The summed E-state index contributed by atoms with van der Waals surface area (Å²) in [5.74, 6) is -0.0161. The Labute approximate surface area is 178 Å². The van der Waals surface area contributed by atoms with E-state index in [2.05, 4.69) is 4.98 Å². The number of aromatic nitrogens is 1. The van der Waals surface area contributed by atoms with Crippen molar-refractivity contribution in [1.29, 1.82) is 0 Å². The zero-order valence-corrected chi connectivity index (χ0v) is 16.6. The number of nitro benzene ring substituents is 1. The monoisotopic (exact) mass is 414 g/mol. The van der Waals surface area contributed by atoms with Crippen LogP contribution in [0.15, 0.2) is 85.1 Å². The fraction of sp³-hybridized carbons (Fsp3) is 0.0833. The molecule has 0 saturated heterocycles. The van der Waals surface area contributed by atoms with E-state index >= 15 is 0 Å². The Kier molecular flexibility index (Phi) is 5.57. The van der Waals surface area contributed by atoms with Crippen molar-refractivity contribution in [3.63, 3.8) is 0 Å². The summed E-state index contributed by atoms with van der Waals surface area (Å²) in [5, 5.41) is 12.9. The average Bonchev–Trinajstić information content (AvgIpc) is 2.82. The molecule has 0 unspecified atom stereocenters. The standard InChI is InChI=1S/C24H18N2O5/c1-30-20-11-9-17(10-12-20)23(22-21-8-3-2-5-16(21)13-14-25-22)31-24(27)18-6-4-7-19(15-18)26(28)29/h2-15,23H,1H3/t23-/m1/s1. The van der Waals surface area contributed by atoms with Crippen LogP contribution in [0.4, 0.5) is 5.69 Å². The summed E-state index contributed by atoms with van der Waals surface area (Å²) >= 11 is 0. The molecule has 0 aliphatic carbocycles. The van der Waals surface area contributed by atoms with Crippen molar-refractivity contribution in [2.75, 3.05) is 7.11 Å². The fourth-order valence-electron chi connectivity index (χ4n) is 3.33. The molecule has 0 bridgehead atoms. The van der Waals surface area contributed by atoms with Gasteiger partial charge in [-0.1, -0.05) is 42.5 Å². The minimum Gasteiger partial charge on any atom is -0.497 e. The van der Waals surface area contributed by atoms with Gasteiger partial charge in [-0.05, 0) is 35.2 Å². The van der Waals surface area contributed by atoms with Crippen molar-refractivity contribution < 1.29 is 19.2 Å². The van der Waals surface area contributed by atoms with Gasteiger partial charge in [-0.25, -0.2) is 4.79 Å². The number of benzene rings is 3. The maximum atomic E-state index is 12.9. The van der Waals surface area contributed by atoms with Gasteiger partial charge in [0.05, 0.1) is 23.3 Å². The first-order valence-corrected chi connectivity index (χ1v) is 9.50. The lowest BCUT2D eigenvalue weighted by Gasteiger charge is -2.20. The van der Waals surface area contributed by atoms with E-state index in [9.17, 15) is 14.9 Å².